The van der Waals surface area contributed by atoms with E-state index in [1.54, 1.807) is 5.32 Å². The Kier molecular flexibility index (Phi) is 4.98. The molecule has 0 radical (unpaired) electrons. The maximum Gasteiger partial charge on any atom is 0.419 e. The van der Waals surface area contributed by atoms with Crippen LogP contribution < -0.4 is 5.32 Å². The molecule has 9 heteroatoms. The van der Waals surface area contributed by atoms with Crippen molar-refractivity contribution in [1.29, 1.82) is 0 Å². The molecule has 0 aliphatic rings. The van der Waals surface area contributed by atoms with Crippen molar-refractivity contribution in [1.82, 2.24) is 5.32 Å². The van der Waals surface area contributed by atoms with Crippen LogP contribution in [0.5, 0.6) is 0 Å². The molecule has 0 saturated carbocycles. The number of aliphatic hydroxyl groups excluding tert-OH is 1. The first kappa shape index (κ1) is 16.3. The van der Waals surface area contributed by atoms with E-state index >= 15 is 0 Å². The van der Waals surface area contributed by atoms with Crippen molar-refractivity contribution in [3.63, 3.8) is 0 Å². The van der Waals surface area contributed by atoms with E-state index < -0.39 is 48.1 Å². The summed E-state index contributed by atoms with van der Waals surface area (Å²) in [5, 5.41) is 10.5. The molecule has 20 heavy (non-hydrogen) atoms. The van der Waals surface area contributed by atoms with Crippen molar-refractivity contribution in [3.8, 4) is 0 Å². The van der Waals surface area contributed by atoms with Gasteiger partial charge in [-0.3, -0.25) is 4.79 Å². The van der Waals surface area contributed by atoms with Crippen LogP contribution >= 0.6 is 0 Å². The van der Waals surface area contributed by atoms with E-state index in [1.165, 1.54) is 0 Å². The van der Waals surface area contributed by atoms with E-state index in [2.05, 4.69) is 0 Å². The maximum absolute atomic E-state index is 13.5. The lowest BCUT2D eigenvalue weighted by molar-refractivity contribution is -0.140. The summed E-state index contributed by atoms with van der Waals surface area (Å²) in [7, 11) is 0. The van der Waals surface area contributed by atoms with E-state index in [1.807, 2.05) is 0 Å². The number of halogens is 6. The Hall–Kier alpha value is -1.77. The van der Waals surface area contributed by atoms with Crippen LogP contribution in [0.15, 0.2) is 18.2 Å². The van der Waals surface area contributed by atoms with Gasteiger partial charge < -0.3 is 10.4 Å². The molecule has 0 aromatic heterocycles. The molecule has 1 aromatic rings. The number of carbonyl (C=O) groups excluding carboxylic acids is 1. The molecule has 0 spiro atoms. The van der Waals surface area contributed by atoms with Gasteiger partial charge >= 0.3 is 6.18 Å². The van der Waals surface area contributed by atoms with Crippen molar-refractivity contribution in [2.45, 2.75) is 18.7 Å². The highest BCUT2D eigenvalue weighted by Crippen LogP contribution is 2.32. The average molecular weight is 301 g/mol. The van der Waals surface area contributed by atoms with Crippen LogP contribution in [0.2, 0.25) is 0 Å². The number of rotatable bonds is 4. The molecule has 0 fully saturated rings. The van der Waals surface area contributed by atoms with E-state index in [-0.39, 0.29) is 0 Å². The number of amides is 1. The fraction of sp³-hybridized carbons (Fsp3) is 0.364. The molecule has 0 saturated heterocycles. The van der Waals surface area contributed by atoms with Gasteiger partial charge in [0.15, 0.2) is 0 Å². The second kappa shape index (κ2) is 6.12. The number of hydrogen-bond donors (Lipinski definition) is 2. The Bertz CT molecular complexity index is 488. The Labute approximate surface area is 109 Å². The molecule has 0 heterocycles. The van der Waals surface area contributed by atoms with Gasteiger partial charge in [0.05, 0.1) is 11.1 Å². The van der Waals surface area contributed by atoms with Gasteiger partial charge in [0.2, 0.25) is 0 Å². The molecular formula is C11H9F6NO2. The summed E-state index contributed by atoms with van der Waals surface area (Å²) in [5.41, 5.74) is -2.58. The molecular weight excluding hydrogens is 292 g/mol. The minimum atomic E-state index is -4.98. The molecule has 1 rings (SSSR count). The van der Waals surface area contributed by atoms with Crippen LogP contribution in [0, 0.1) is 5.82 Å². The van der Waals surface area contributed by atoms with Crippen LogP contribution in [0.25, 0.3) is 0 Å². The van der Waals surface area contributed by atoms with E-state index in [9.17, 15) is 31.1 Å². The largest absolute Gasteiger partial charge is 0.419 e. The topological polar surface area (TPSA) is 49.3 Å². The summed E-state index contributed by atoms with van der Waals surface area (Å²) in [5.74, 6) is -3.13. The lowest BCUT2D eigenvalue weighted by Crippen LogP contribution is -2.36. The third-order valence-electron chi connectivity index (χ3n) is 2.31. The first-order valence-electron chi connectivity index (χ1n) is 5.24. The number of nitrogens with one attached hydrogen (secondary N) is 1. The van der Waals surface area contributed by atoms with Crippen LogP contribution in [0.1, 0.15) is 15.9 Å². The second-order valence-corrected chi connectivity index (χ2v) is 3.78. The van der Waals surface area contributed by atoms with Crippen molar-refractivity contribution >= 4 is 5.91 Å². The highest BCUT2D eigenvalue weighted by molar-refractivity contribution is 5.94. The zero-order valence-corrected chi connectivity index (χ0v) is 9.72. The number of carbonyl (C=O) groups is 1. The Morgan fingerprint density at radius 3 is 2.40 bits per heavy atom. The molecule has 2 N–H and O–H groups in total. The van der Waals surface area contributed by atoms with Gasteiger partial charge in [-0.1, -0.05) is 6.07 Å². The fourth-order valence-corrected chi connectivity index (χ4v) is 1.31. The lowest BCUT2D eigenvalue weighted by Gasteiger charge is -2.13. The van der Waals surface area contributed by atoms with Gasteiger partial charge in [0.25, 0.3) is 12.3 Å². The highest BCUT2D eigenvalue weighted by Gasteiger charge is 2.35. The summed E-state index contributed by atoms with van der Waals surface area (Å²) >= 11 is 0. The molecule has 0 bridgehead atoms. The Morgan fingerprint density at radius 2 is 1.90 bits per heavy atom. The molecule has 112 valence electrons. The first-order valence-corrected chi connectivity index (χ1v) is 5.24. The van der Waals surface area contributed by atoms with Gasteiger partial charge in [-0.25, -0.2) is 13.2 Å². The predicted molar refractivity (Wildman–Crippen MR) is 55.7 cm³/mol. The van der Waals surface area contributed by atoms with Gasteiger partial charge in [0, 0.05) is 6.54 Å². The standard InChI is InChI=1S/C11H9F6NO2/c12-8-5(2-1-3-6(8)11(15,16)17)10(20)18-4-7(19)9(13)14/h1-3,7,9,19H,4H2,(H,18,20). The van der Waals surface area contributed by atoms with E-state index in [0.29, 0.717) is 6.07 Å². The average Bonchev–Trinajstić information content (AvgIpc) is 2.34. The second-order valence-electron chi connectivity index (χ2n) is 3.78. The minimum absolute atomic E-state index is 0.445. The maximum atomic E-state index is 13.5. The molecule has 1 atom stereocenters. The van der Waals surface area contributed by atoms with Crippen molar-refractivity contribution in [2.24, 2.45) is 0 Å². The minimum Gasteiger partial charge on any atom is -0.385 e. The van der Waals surface area contributed by atoms with Gasteiger partial charge in [-0.15, -0.1) is 0 Å². The summed E-state index contributed by atoms with van der Waals surface area (Å²) in [4.78, 5) is 11.4. The fourth-order valence-electron chi connectivity index (χ4n) is 1.31. The van der Waals surface area contributed by atoms with Crippen molar-refractivity contribution in [3.05, 3.63) is 35.1 Å². The van der Waals surface area contributed by atoms with Gasteiger partial charge in [-0.2, -0.15) is 13.2 Å². The monoisotopic (exact) mass is 301 g/mol. The third kappa shape index (κ3) is 3.86. The van der Waals surface area contributed by atoms with Gasteiger partial charge in [0.1, 0.15) is 11.9 Å². The number of hydrogen-bond acceptors (Lipinski definition) is 2. The predicted octanol–water partition coefficient (Wildman–Crippen LogP) is 2.20. The molecule has 1 unspecified atom stereocenters. The normalized spacial score (nSPS) is 13.4. The Morgan fingerprint density at radius 1 is 1.30 bits per heavy atom. The van der Waals surface area contributed by atoms with E-state index in [4.69, 9.17) is 5.11 Å². The summed E-state index contributed by atoms with van der Waals surface area (Å²) in [6, 6.07) is 2.03. The molecule has 1 aromatic carbocycles. The zero-order valence-electron chi connectivity index (χ0n) is 9.72. The summed E-state index contributed by atoms with van der Waals surface area (Å²) in [6.07, 6.45) is -10.3. The van der Waals surface area contributed by atoms with Crippen LogP contribution in [0.4, 0.5) is 26.3 Å². The molecule has 1 amide bonds. The smallest absolute Gasteiger partial charge is 0.385 e. The van der Waals surface area contributed by atoms with Crippen LogP contribution in [0.3, 0.4) is 0 Å². The summed E-state index contributed by atoms with van der Waals surface area (Å²) in [6.45, 7) is -0.911. The Balaban J connectivity index is 2.90. The van der Waals surface area contributed by atoms with Gasteiger partial charge in [-0.05, 0) is 12.1 Å². The van der Waals surface area contributed by atoms with Crippen molar-refractivity contribution in [2.75, 3.05) is 6.54 Å². The number of alkyl halides is 5. The number of aliphatic hydroxyl groups is 1. The SMILES string of the molecule is O=C(NCC(O)C(F)F)c1cccc(C(F)(F)F)c1F. The third-order valence-corrected chi connectivity index (χ3v) is 2.31. The van der Waals surface area contributed by atoms with Crippen LogP contribution in [-0.4, -0.2) is 30.1 Å². The van der Waals surface area contributed by atoms with Crippen LogP contribution in [-0.2, 0) is 6.18 Å². The molecule has 0 aliphatic heterocycles. The van der Waals surface area contributed by atoms with E-state index in [0.717, 1.165) is 12.1 Å². The molecule has 0 aliphatic carbocycles. The molecule has 3 nitrogen and oxygen atoms in total. The lowest BCUT2D eigenvalue weighted by atomic mass is 10.1. The summed E-state index contributed by atoms with van der Waals surface area (Å²) < 4.78 is 74.6. The quantitative estimate of drug-likeness (QED) is 0.838. The highest BCUT2D eigenvalue weighted by atomic mass is 19.4. The first-order chi connectivity index (χ1) is 9.14. The zero-order chi connectivity index (χ0) is 15.5. The number of benzene rings is 1. The van der Waals surface area contributed by atoms with Crippen molar-refractivity contribution < 1.29 is 36.2 Å².